The highest BCUT2D eigenvalue weighted by Crippen LogP contribution is 2.20. The van der Waals surface area contributed by atoms with Crippen LogP contribution in [-0.2, 0) is 0 Å². The van der Waals surface area contributed by atoms with Crippen molar-refractivity contribution in [1.29, 1.82) is 0 Å². The zero-order chi connectivity index (χ0) is 15.8. The van der Waals surface area contributed by atoms with Gasteiger partial charge in [-0.25, -0.2) is 0 Å². The van der Waals surface area contributed by atoms with Crippen molar-refractivity contribution < 1.29 is 0 Å². The predicted molar refractivity (Wildman–Crippen MR) is 93.6 cm³/mol. The van der Waals surface area contributed by atoms with Crippen molar-refractivity contribution in [3.8, 4) is 0 Å². The molecule has 0 aromatic heterocycles. The molecule has 1 heterocycles. The van der Waals surface area contributed by atoms with Gasteiger partial charge in [0.1, 0.15) is 0 Å². The maximum absolute atomic E-state index is 4.50. The summed E-state index contributed by atoms with van der Waals surface area (Å²) in [6.07, 6.45) is 5.20. The van der Waals surface area contributed by atoms with Crippen LogP contribution in [0.3, 0.4) is 0 Å². The summed E-state index contributed by atoms with van der Waals surface area (Å²) in [6, 6.07) is 0. The molecule has 1 rings (SSSR count). The highest BCUT2D eigenvalue weighted by atomic mass is 15.1. The molecule has 1 N–H and O–H groups in total. The molecule has 0 bridgehead atoms. The summed E-state index contributed by atoms with van der Waals surface area (Å²) >= 11 is 0. The lowest BCUT2D eigenvalue weighted by molar-refractivity contribution is 0.401. The minimum atomic E-state index is 0.436. The van der Waals surface area contributed by atoms with Gasteiger partial charge in [-0.15, -0.1) is 0 Å². The first-order chi connectivity index (χ1) is 9.97. The van der Waals surface area contributed by atoms with Crippen LogP contribution in [0.15, 0.2) is 42.2 Å². The van der Waals surface area contributed by atoms with E-state index in [1.165, 1.54) is 18.7 Å². The molecule has 3 nitrogen and oxygen atoms in total. The topological polar surface area (TPSA) is 27.6 Å². The van der Waals surface area contributed by atoms with Crippen LogP contribution in [0.4, 0.5) is 0 Å². The molecule has 0 aliphatic carbocycles. The second-order valence-electron chi connectivity index (χ2n) is 6.07. The standard InChI is InChI=1S/C18H31N3/c1-7-16(18(8-2)20-14(3)4)9-11-19-15(5)17-10-12-21(6)13-17/h8,16-17,19H,2-3,5,7,9-13H2,1,4,6H3/b20-18+. The minimum absolute atomic E-state index is 0.436. The lowest BCUT2D eigenvalue weighted by Gasteiger charge is -2.19. The van der Waals surface area contributed by atoms with Gasteiger partial charge in [0.25, 0.3) is 0 Å². The van der Waals surface area contributed by atoms with E-state index in [1.54, 1.807) is 0 Å². The van der Waals surface area contributed by atoms with Gasteiger partial charge >= 0.3 is 0 Å². The molecule has 1 fully saturated rings. The fourth-order valence-electron chi connectivity index (χ4n) is 2.86. The molecular weight excluding hydrogens is 258 g/mol. The monoisotopic (exact) mass is 289 g/mol. The maximum atomic E-state index is 4.50. The summed E-state index contributed by atoms with van der Waals surface area (Å²) in [7, 11) is 2.17. The number of allylic oxidation sites excluding steroid dienone is 2. The van der Waals surface area contributed by atoms with Gasteiger partial charge in [0, 0.05) is 42.0 Å². The average molecular weight is 289 g/mol. The number of likely N-dealkylation sites (tertiary alicyclic amines) is 1. The quantitative estimate of drug-likeness (QED) is 0.657. The zero-order valence-corrected chi connectivity index (χ0v) is 14.0. The van der Waals surface area contributed by atoms with E-state index >= 15 is 0 Å². The zero-order valence-electron chi connectivity index (χ0n) is 14.0. The minimum Gasteiger partial charge on any atom is -0.389 e. The summed E-state index contributed by atoms with van der Waals surface area (Å²) < 4.78 is 0. The lowest BCUT2D eigenvalue weighted by atomic mass is 9.95. The van der Waals surface area contributed by atoms with Crippen LogP contribution in [0.25, 0.3) is 0 Å². The molecule has 0 amide bonds. The SMILES string of the molecule is C=C/C(=N\C(=C)C)C(CC)CCNC(=C)C1CCN(C)C1. The molecule has 0 aromatic rings. The summed E-state index contributed by atoms with van der Waals surface area (Å²) in [6.45, 7) is 19.3. The smallest absolute Gasteiger partial charge is 0.0432 e. The Kier molecular flexibility index (Phi) is 7.44. The van der Waals surface area contributed by atoms with Crippen LogP contribution in [-0.4, -0.2) is 37.3 Å². The molecule has 2 unspecified atom stereocenters. The first kappa shape index (κ1) is 17.7. The molecule has 21 heavy (non-hydrogen) atoms. The maximum Gasteiger partial charge on any atom is 0.0432 e. The second kappa shape index (κ2) is 8.83. The first-order valence-electron chi connectivity index (χ1n) is 7.95. The average Bonchev–Trinajstić information content (AvgIpc) is 2.87. The molecule has 1 aliphatic heterocycles. The number of rotatable bonds is 9. The van der Waals surface area contributed by atoms with Gasteiger partial charge in [-0.1, -0.05) is 26.7 Å². The van der Waals surface area contributed by atoms with Gasteiger partial charge in [-0.2, -0.15) is 0 Å². The van der Waals surface area contributed by atoms with Crippen LogP contribution >= 0.6 is 0 Å². The largest absolute Gasteiger partial charge is 0.389 e. The predicted octanol–water partition coefficient (Wildman–Crippen LogP) is 3.62. The molecule has 0 saturated carbocycles. The third-order valence-corrected chi connectivity index (χ3v) is 4.17. The van der Waals surface area contributed by atoms with Crippen molar-refractivity contribution in [3.63, 3.8) is 0 Å². The third kappa shape index (κ3) is 5.88. The Morgan fingerprint density at radius 3 is 2.67 bits per heavy atom. The van der Waals surface area contributed by atoms with Crippen molar-refractivity contribution in [2.24, 2.45) is 16.8 Å². The van der Waals surface area contributed by atoms with Gasteiger partial charge < -0.3 is 10.2 Å². The third-order valence-electron chi connectivity index (χ3n) is 4.17. The molecule has 0 aromatic carbocycles. The van der Waals surface area contributed by atoms with E-state index in [4.69, 9.17) is 0 Å². The van der Waals surface area contributed by atoms with E-state index in [2.05, 4.69) is 48.9 Å². The summed E-state index contributed by atoms with van der Waals surface area (Å²) in [5, 5.41) is 3.51. The summed E-state index contributed by atoms with van der Waals surface area (Å²) in [5.74, 6) is 1.03. The summed E-state index contributed by atoms with van der Waals surface area (Å²) in [4.78, 5) is 6.86. The Morgan fingerprint density at radius 1 is 1.48 bits per heavy atom. The number of hydrogen-bond donors (Lipinski definition) is 1. The van der Waals surface area contributed by atoms with Gasteiger partial charge in [-0.05, 0) is 45.9 Å². The highest BCUT2D eigenvalue weighted by Gasteiger charge is 2.21. The Balaban J connectivity index is 2.43. The van der Waals surface area contributed by atoms with Crippen LogP contribution in [0, 0.1) is 11.8 Å². The van der Waals surface area contributed by atoms with Crippen molar-refractivity contribution in [1.82, 2.24) is 10.2 Å². The fraction of sp³-hybridized carbons (Fsp3) is 0.611. The Hall–Kier alpha value is -1.35. The number of aliphatic imine (C=N–C) groups is 1. The molecule has 1 aliphatic rings. The molecular formula is C18H31N3. The molecule has 3 heteroatoms. The Labute approximate surface area is 130 Å². The molecule has 0 radical (unpaired) electrons. The number of nitrogens with one attached hydrogen (secondary N) is 1. The number of hydrogen-bond acceptors (Lipinski definition) is 3. The number of nitrogens with zero attached hydrogens (tertiary/aromatic N) is 2. The van der Waals surface area contributed by atoms with Crippen molar-refractivity contribution in [2.75, 3.05) is 26.7 Å². The van der Waals surface area contributed by atoms with Crippen molar-refractivity contribution in [3.05, 3.63) is 37.2 Å². The van der Waals surface area contributed by atoms with Gasteiger partial charge in [0.2, 0.25) is 0 Å². The molecule has 2 atom stereocenters. The van der Waals surface area contributed by atoms with E-state index in [1.807, 2.05) is 13.0 Å². The normalized spacial score (nSPS) is 21.1. The van der Waals surface area contributed by atoms with E-state index in [-0.39, 0.29) is 0 Å². The summed E-state index contributed by atoms with van der Waals surface area (Å²) in [5.41, 5.74) is 3.08. The van der Waals surface area contributed by atoms with Crippen LogP contribution in [0.5, 0.6) is 0 Å². The van der Waals surface area contributed by atoms with Crippen molar-refractivity contribution >= 4 is 5.71 Å². The van der Waals surface area contributed by atoms with E-state index in [0.717, 1.165) is 37.3 Å². The fourth-order valence-corrected chi connectivity index (χ4v) is 2.86. The van der Waals surface area contributed by atoms with Gasteiger partial charge in [0.05, 0.1) is 0 Å². The van der Waals surface area contributed by atoms with Crippen LogP contribution in [0.1, 0.15) is 33.1 Å². The highest BCUT2D eigenvalue weighted by molar-refractivity contribution is 5.97. The molecule has 1 saturated heterocycles. The first-order valence-corrected chi connectivity index (χ1v) is 7.95. The molecule has 118 valence electrons. The molecule has 0 spiro atoms. The van der Waals surface area contributed by atoms with E-state index < -0.39 is 0 Å². The Bertz CT molecular complexity index is 409. The van der Waals surface area contributed by atoms with Crippen LogP contribution in [0.2, 0.25) is 0 Å². The van der Waals surface area contributed by atoms with Crippen LogP contribution < -0.4 is 5.32 Å². The van der Waals surface area contributed by atoms with Gasteiger partial charge in [-0.3, -0.25) is 4.99 Å². The van der Waals surface area contributed by atoms with E-state index in [9.17, 15) is 0 Å². The lowest BCUT2D eigenvalue weighted by Crippen LogP contribution is -2.25. The Morgan fingerprint density at radius 2 is 2.19 bits per heavy atom. The van der Waals surface area contributed by atoms with Gasteiger partial charge in [0.15, 0.2) is 0 Å². The van der Waals surface area contributed by atoms with Crippen molar-refractivity contribution in [2.45, 2.75) is 33.1 Å². The van der Waals surface area contributed by atoms with E-state index in [0.29, 0.717) is 11.8 Å². The second-order valence-corrected chi connectivity index (χ2v) is 6.07.